The van der Waals surface area contributed by atoms with Gasteiger partial charge in [-0.1, -0.05) is 18.2 Å². The lowest BCUT2D eigenvalue weighted by atomic mass is 9.89. The summed E-state index contributed by atoms with van der Waals surface area (Å²) in [5, 5.41) is 3.48. The molecular formula is C18H27N3O. The van der Waals surface area contributed by atoms with E-state index in [9.17, 15) is 4.79 Å². The summed E-state index contributed by atoms with van der Waals surface area (Å²) in [5.41, 5.74) is 1.000. The predicted octanol–water partition coefficient (Wildman–Crippen LogP) is 1.97. The maximum absolute atomic E-state index is 12.8. The molecule has 3 rings (SSSR count). The number of amides is 1. The van der Waals surface area contributed by atoms with Crippen molar-refractivity contribution in [2.24, 2.45) is 11.8 Å². The van der Waals surface area contributed by atoms with Gasteiger partial charge in [0, 0.05) is 18.3 Å². The van der Waals surface area contributed by atoms with Crippen molar-refractivity contribution in [3.8, 4) is 0 Å². The van der Waals surface area contributed by atoms with Gasteiger partial charge in [0.1, 0.15) is 0 Å². The SMILES string of the molecule is CC(C)N(C(=O)CN1CCC2CNCC2C1)c1ccccc1. The Hall–Kier alpha value is -1.39. The number of anilines is 1. The number of carbonyl (C=O) groups is 1. The number of hydrogen-bond acceptors (Lipinski definition) is 3. The zero-order chi connectivity index (χ0) is 15.5. The molecular weight excluding hydrogens is 274 g/mol. The summed E-state index contributed by atoms with van der Waals surface area (Å²) in [7, 11) is 0. The summed E-state index contributed by atoms with van der Waals surface area (Å²) < 4.78 is 0. The lowest BCUT2D eigenvalue weighted by molar-refractivity contribution is -0.120. The Kier molecular flexibility index (Phi) is 4.79. The van der Waals surface area contributed by atoms with Gasteiger partial charge in [-0.3, -0.25) is 9.69 Å². The van der Waals surface area contributed by atoms with Crippen molar-refractivity contribution in [2.45, 2.75) is 26.3 Å². The molecule has 4 heteroatoms. The molecule has 2 atom stereocenters. The largest absolute Gasteiger partial charge is 0.316 e. The van der Waals surface area contributed by atoms with Crippen molar-refractivity contribution in [2.75, 3.05) is 37.6 Å². The van der Waals surface area contributed by atoms with Gasteiger partial charge in [-0.25, -0.2) is 0 Å². The van der Waals surface area contributed by atoms with E-state index < -0.39 is 0 Å². The van der Waals surface area contributed by atoms with E-state index in [2.05, 4.69) is 24.1 Å². The minimum Gasteiger partial charge on any atom is -0.316 e. The van der Waals surface area contributed by atoms with E-state index in [1.54, 1.807) is 0 Å². The number of fused-ring (bicyclic) bond motifs is 1. The predicted molar refractivity (Wildman–Crippen MR) is 90.0 cm³/mol. The number of carbonyl (C=O) groups excluding carboxylic acids is 1. The van der Waals surface area contributed by atoms with Gasteiger partial charge in [0.25, 0.3) is 0 Å². The van der Waals surface area contributed by atoms with Crippen LogP contribution in [0.4, 0.5) is 5.69 Å². The topological polar surface area (TPSA) is 35.6 Å². The number of benzene rings is 1. The first-order valence-electron chi connectivity index (χ1n) is 8.45. The smallest absolute Gasteiger partial charge is 0.241 e. The van der Waals surface area contributed by atoms with Crippen LogP contribution in [0, 0.1) is 11.8 Å². The summed E-state index contributed by atoms with van der Waals surface area (Å²) in [5.74, 6) is 1.76. The molecule has 0 spiro atoms. The Bertz CT molecular complexity index is 502. The average Bonchev–Trinajstić information content (AvgIpc) is 2.95. The van der Waals surface area contributed by atoms with Gasteiger partial charge in [-0.05, 0) is 63.9 Å². The monoisotopic (exact) mass is 301 g/mol. The zero-order valence-corrected chi connectivity index (χ0v) is 13.7. The van der Waals surface area contributed by atoms with E-state index in [-0.39, 0.29) is 11.9 Å². The highest BCUT2D eigenvalue weighted by Gasteiger charge is 2.34. The maximum atomic E-state index is 12.8. The third kappa shape index (κ3) is 3.33. The lowest BCUT2D eigenvalue weighted by Gasteiger charge is -2.36. The van der Waals surface area contributed by atoms with Gasteiger partial charge in [0.05, 0.1) is 6.54 Å². The van der Waals surface area contributed by atoms with E-state index in [4.69, 9.17) is 0 Å². The Balaban J connectivity index is 1.64. The Morgan fingerprint density at radius 2 is 2.00 bits per heavy atom. The van der Waals surface area contributed by atoms with E-state index >= 15 is 0 Å². The summed E-state index contributed by atoms with van der Waals surface area (Å²) in [6.45, 7) is 9.09. The van der Waals surface area contributed by atoms with Crippen LogP contribution in [0.15, 0.2) is 30.3 Å². The number of nitrogens with zero attached hydrogens (tertiary/aromatic N) is 2. The molecule has 4 nitrogen and oxygen atoms in total. The number of piperidine rings is 1. The third-order valence-electron chi connectivity index (χ3n) is 4.97. The van der Waals surface area contributed by atoms with Crippen molar-refractivity contribution in [1.82, 2.24) is 10.2 Å². The molecule has 1 aromatic rings. The number of likely N-dealkylation sites (tertiary alicyclic amines) is 1. The normalized spacial score (nSPS) is 25.2. The molecule has 0 aromatic heterocycles. The molecule has 120 valence electrons. The van der Waals surface area contributed by atoms with E-state index in [1.165, 1.54) is 6.42 Å². The standard InChI is InChI=1S/C18H27N3O/c1-14(2)21(17-6-4-3-5-7-17)18(22)13-20-9-8-15-10-19-11-16(15)12-20/h3-7,14-16,19H,8-13H2,1-2H3. The van der Waals surface area contributed by atoms with Gasteiger partial charge < -0.3 is 10.2 Å². The first-order chi connectivity index (χ1) is 10.6. The van der Waals surface area contributed by atoms with Crippen LogP contribution in [0.3, 0.4) is 0 Å². The number of para-hydroxylation sites is 1. The van der Waals surface area contributed by atoms with Crippen LogP contribution in [0.1, 0.15) is 20.3 Å². The Labute approximate surface area is 133 Å². The molecule has 2 saturated heterocycles. The third-order valence-corrected chi connectivity index (χ3v) is 4.97. The Morgan fingerprint density at radius 1 is 1.27 bits per heavy atom. The summed E-state index contributed by atoms with van der Waals surface area (Å²) >= 11 is 0. The van der Waals surface area contributed by atoms with Crippen molar-refractivity contribution in [1.29, 1.82) is 0 Å². The maximum Gasteiger partial charge on any atom is 0.241 e. The molecule has 2 aliphatic heterocycles. The molecule has 1 N–H and O–H groups in total. The molecule has 2 aliphatic rings. The van der Waals surface area contributed by atoms with Crippen LogP contribution in [0.25, 0.3) is 0 Å². The second-order valence-electron chi connectivity index (χ2n) is 6.90. The van der Waals surface area contributed by atoms with Crippen LogP contribution < -0.4 is 10.2 Å². The molecule has 1 aromatic carbocycles. The zero-order valence-electron chi connectivity index (χ0n) is 13.7. The number of nitrogens with one attached hydrogen (secondary N) is 1. The van der Waals surface area contributed by atoms with E-state index in [0.717, 1.165) is 43.7 Å². The average molecular weight is 301 g/mol. The van der Waals surface area contributed by atoms with Gasteiger partial charge >= 0.3 is 0 Å². The fourth-order valence-corrected chi connectivity index (χ4v) is 3.84. The van der Waals surface area contributed by atoms with Crippen molar-refractivity contribution in [3.05, 3.63) is 30.3 Å². The molecule has 0 aliphatic carbocycles. The van der Waals surface area contributed by atoms with Gasteiger partial charge in [-0.2, -0.15) is 0 Å². The second-order valence-corrected chi connectivity index (χ2v) is 6.90. The highest BCUT2D eigenvalue weighted by molar-refractivity contribution is 5.95. The molecule has 2 unspecified atom stereocenters. The second kappa shape index (κ2) is 6.80. The van der Waals surface area contributed by atoms with Crippen LogP contribution >= 0.6 is 0 Å². The summed E-state index contributed by atoms with van der Waals surface area (Å²) in [6.07, 6.45) is 1.22. The van der Waals surface area contributed by atoms with E-state index in [0.29, 0.717) is 6.54 Å². The molecule has 0 bridgehead atoms. The van der Waals surface area contributed by atoms with Crippen molar-refractivity contribution < 1.29 is 4.79 Å². The first-order valence-corrected chi connectivity index (χ1v) is 8.45. The van der Waals surface area contributed by atoms with Crippen LogP contribution in [-0.2, 0) is 4.79 Å². The minimum atomic E-state index is 0.181. The van der Waals surface area contributed by atoms with Gasteiger partial charge in [-0.15, -0.1) is 0 Å². The van der Waals surface area contributed by atoms with Crippen LogP contribution in [0.2, 0.25) is 0 Å². The fraction of sp³-hybridized carbons (Fsp3) is 0.611. The lowest BCUT2D eigenvalue weighted by Crippen LogP contribution is -2.48. The van der Waals surface area contributed by atoms with Crippen molar-refractivity contribution in [3.63, 3.8) is 0 Å². The van der Waals surface area contributed by atoms with Gasteiger partial charge in [0.15, 0.2) is 0 Å². The molecule has 0 radical (unpaired) electrons. The van der Waals surface area contributed by atoms with Gasteiger partial charge in [0.2, 0.25) is 5.91 Å². The Morgan fingerprint density at radius 3 is 2.73 bits per heavy atom. The highest BCUT2D eigenvalue weighted by Crippen LogP contribution is 2.26. The molecule has 2 fully saturated rings. The molecule has 22 heavy (non-hydrogen) atoms. The van der Waals surface area contributed by atoms with Crippen LogP contribution in [0.5, 0.6) is 0 Å². The fourth-order valence-electron chi connectivity index (χ4n) is 3.84. The van der Waals surface area contributed by atoms with Crippen LogP contribution in [-0.4, -0.2) is 49.6 Å². The van der Waals surface area contributed by atoms with E-state index in [1.807, 2.05) is 35.2 Å². The first kappa shape index (κ1) is 15.5. The van der Waals surface area contributed by atoms with Crippen molar-refractivity contribution >= 4 is 11.6 Å². The highest BCUT2D eigenvalue weighted by atomic mass is 16.2. The number of rotatable bonds is 4. The molecule has 2 heterocycles. The quantitative estimate of drug-likeness (QED) is 0.923. The summed E-state index contributed by atoms with van der Waals surface area (Å²) in [4.78, 5) is 17.1. The molecule has 1 amide bonds. The minimum absolute atomic E-state index is 0.181. The number of hydrogen-bond donors (Lipinski definition) is 1. The molecule has 0 saturated carbocycles. The summed E-state index contributed by atoms with van der Waals surface area (Å²) in [6, 6.07) is 10.2.